The fraction of sp³-hybridized carbons (Fsp3) is 0.348. The summed E-state index contributed by atoms with van der Waals surface area (Å²) in [6, 6.07) is 6.85. The third-order valence-electron chi connectivity index (χ3n) is 4.12. The molecule has 10 heteroatoms. The Hall–Kier alpha value is -3.89. The number of pyridine rings is 1. The Morgan fingerprint density at radius 3 is 2.58 bits per heavy atom. The molecule has 172 valence electrons. The van der Waals surface area contributed by atoms with Crippen LogP contribution in [0.1, 0.15) is 34.6 Å². The molecule has 2 rings (SSSR count). The van der Waals surface area contributed by atoms with Crippen molar-refractivity contribution in [2.24, 2.45) is 5.41 Å². The number of ether oxygens (including phenoxy) is 1. The van der Waals surface area contributed by atoms with Crippen LogP contribution in [0.25, 0.3) is 11.5 Å². The zero-order chi connectivity index (χ0) is 24.6. The van der Waals surface area contributed by atoms with E-state index in [0.717, 1.165) is 11.3 Å². The van der Waals surface area contributed by atoms with E-state index in [4.69, 9.17) is 4.74 Å². The molecule has 2 aromatic heterocycles. The second kappa shape index (κ2) is 11.1. The lowest BCUT2D eigenvalue weighted by atomic mass is 9.96. The van der Waals surface area contributed by atoms with Gasteiger partial charge in [0.15, 0.2) is 5.57 Å². The molecule has 9 nitrogen and oxygen atoms in total. The van der Waals surface area contributed by atoms with E-state index in [1.165, 1.54) is 10.8 Å². The van der Waals surface area contributed by atoms with E-state index in [-0.39, 0.29) is 28.2 Å². The maximum atomic E-state index is 12.6. The predicted octanol–water partition coefficient (Wildman–Crippen LogP) is 1.71. The average molecular weight is 468 g/mol. The van der Waals surface area contributed by atoms with Crippen molar-refractivity contribution in [3.05, 3.63) is 49.5 Å². The third kappa shape index (κ3) is 6.79. The van der Waals surface area contributed by atoms with Crippen LogP contribution in [0.4, 0.5) is 11.6 Å². The zero-order valence-corrected chi connectivity index (χ0v) is 19.9. The van der Waals surface area contributed by atoms with Gasteiger partial charge in [0.1, 0.15) is 26.9 Å². The van der Waals surface area contributed by atoms with Gasteiger partial charge in [-0.1, -0.05) is 49.6 Å². The number of carbonyl (C=O) groups is 2. The molecule has 0 aliphatic rings. The van der Waals surface area contributed by atoms with Crippen LogP contribution in [0.5, 0.6) is 0 Å². The van der Waals surface area contributed by atoms with Gasteiger partial charge in [-0.15, -0.1) is 0 Å². The Balaban J connectivity index is 2.43. The lowest BCUT2D eigenvalue weighted by Gasteiger charge is -2.17. The summed E-state index contributed by atoms with van der Waals surface area (Å²) in [6.07, 6.45) is 1.43. The van der Waals surface area contributed by atoms with E-state index in [2.05, 4.69) is 27.1 Å². The summed E-state index contributed by atoms with van der Waals surface area (Å²) >= 11 is 1.04. The number of nitrogens with zero attached hydrogens (tertiary/aromatic N) is 3. The molecule has 2 N–H and O–H groups in total. The molecule has 0 radical (unpaired) electrons. The number of hydrogen-bond donors (Lipinski definition) is 2. The molecule has 0 atom stereocenters. The van der Waals surface area contributed by atoms with Crippen LogP contribution in [0.2, 0.25) is 0 Å². The molecule has 0 saturated heterocycles. The van der Waals surface area contributed by atoms with Gasteiger partial charge in [0.25, 0.3) is 5.56 Å². The quantitative estimate of drug-likeness (QED) is 0.376. The van der Waals surface area contributed by atoms with E-state index in [0.29, 0.717) is 22.8 Å². The number of anilines is 2. The molecule has 0 bridgehead atoms. The van der Waals surface area contributed by atoms with Gasteiger partial charge in [0.05, 0.1) is 6.61 Å². The minimum Gasteiger partial charge on any atom is -0.461 e. The van der Waals surface area contributed by atoms with E-state index < -0.39 is 11.4 Å². The lowest BCUT2D eigenvalue weighted by molar-refractivity contribution is -0.137. The number of thiazole rings is 1. The van der Waals surface area contributed by atoms with Crippen molar-refractivity contribution < 1.29 is 14.3 Å². The molecule has 0 unspecified atom stereocenters. The van der Waals surface area contributed by atoms with Gasteiger partial charge in [0, 0.05) is 18.2 Å². The first-order valence-corrected chi connectivity index (χ1v) is 11.0. The first-order chi connectivity index (χ1) is 15.6. The Morgan fingerprint density at radius 2 is 1.97 bits per heavy atom. The van der Waals surface area contributed by atoms with E-state index in [1.54, 1.807) is 58.9 Å². The van der Waals surface area contributed by atoms with Crippen LogP contribution in [-0.4, -0.2) is 28.0 Å². The molecular formula is C23H25N5O4S. The molecule has 0 fully saturated rings. The zero-order valence-electron chi connectivity index (χ0n) is 19.1. The molecule has 0 aliphatic carbocycles. The highest BCUT2D eigenvalue weighted by Gasteiger charge is 2.21. The van der Waals surface area contributed by atoms with Gasteiger partial charge >= 0.3 is 5.97 Å². The summed E-state index contributed by atoms with van der Waals surface area (Å²) in [7, 11) is 0. The largest absolute Gasteiger partial charge is 0.461 e. The third-order valence-corrected chi connectivity index (χ3v) is 5.13. The summed E-state index contributed by atoms with van der Waals surface area (Å²) in [6.45, 7) is 9.26. The summed E-state index contributed by atoms with van der Waals surface area (Å²) in [5.41, 5.74) is 4.34. The second-order valence-corrected chi connectivity index (χ2v) is 8.66. The summed E-state index contributed by atoms with van der Waals surface area (Å²) in [5, 5.41) is 14.9. The highest BCUT2D eigenvalue weighted by atomic mass is 32.1. The van der Waals surface area contributed by atoms with Crippen molar-refractivity contribution in [1.82, 2.24) is 9.55 Å². The minimum atomic E-state index is -0.796. The fourth-order valence-electron chi connectivity index (χ4n) is 2.38. The molecule has 0 saturated carbocycles. The van der Waals surface area contributed by atoms with E-state index >= 15 is 0 Å². The average Bonchev–Trinajstić information content (AvgIpc) is 3.05. The number of esters is 1. The van der Waals surface area contributed by atoms with E-state index in [9.17, 15) is 19.6 Å². The number of hydrogen-bond acceptors (Lipinski definition) is 8. The number of nitriles is 1. The summed E-state index contributed by atoms with van der Waals surface area (Å²) in [5.74, 6) is -0.120. The molecule has 2 heterocycles. The van der Waals surface area contributed by atoms with Crippen LogP contribution in [0.15, 0.2) is 34.8 Å². The summed E-state index contributed by atoms with van der Waals surface area (Å²) in [4.78, 5) is 41.0. The highest BCUT2D eigenvalue weighted by Crippen LogP contribution is 2.17. The fourth-order valence-corrected chi connectivity index (χ4v) is 3.36. The monoisotopic (exact) mass is 467 g/mol. The van der Waals surface area contributed by atoms with Gasteiger partial charge in [-0.05, 0) is 26.0 Å². The Bertz CT molecular complexity index is 1340. The van der Waals surface area contributed by atoms with Crippen LogP contribution >= 0.6 is 11.3 Å². The van der Waals surface area contributed by atoms with Gasteiger partial charge in [0.2, 0.25) is 5.91 Å². The number of amides is 1. The van der Waals surface area contributed by atoms with Crippen molar-refractivity contribution in [3.63, 3.8) is 0 Å². The molecule has 0 aliphatic heterocycles. The number of rotatable bonds is 6. The smallest absolute Gasteiger partial charge is 0.357 e. The first-order valence-electron chi connectivity index (χ1n) is 10.2. The van der Waals surface area contributed by atoms with Crippen molar-refractivity contribution in [2.75, 3.05) is 17.2 Å². The summed E-state index contributed by atoms with van der Waals surface area (Å²) < 4.78 is 6.79. The molecule has 0 spiro atoms. The van der Waals surface area contributed by atoms with Crippen LogP contribution in [0, 0.1) is 16.7 Å². The standard InChI is InChI=1S/C23H25N5O4S/c1-6-28-19(13-15(14-24)21(30)32-7-2)33-16(20(28)29)11-12-25-17-9-8-10-18(26-17)27-22(31)23(3,4)5/h8-10,12H,6-7H2,1-5H3,(H2,25,26,27,31). The SMILES string of the molecule is CCOC(=O)C(=C=c1sc(=C=CNc2cccc(NC(=O)C(C)(C)C)n2)c(=O)n1CC)C#N. The molecule has 33 heavy (non-hydrogen) atoms. The maximum absolute atomic E-state index is 12.6. The van der Waals surface area contributed by atoms with E-state index in [1.807, 2.05) is 0 Å². The Kier molecular flexibility index (Phi) is 8.55. The van der Waals surface area contributed by atoms with Crippen molar-refractivity contribution in [3.8, 4) is 6.07 Å². The minimum absolute atomic E-state index is 0.124. The Morgan fingerprint density at radius 1 is 1.27 bits per heavy atom. The normalized spacial score (nSPS) is 10.3. The molecule has 1 amide bonds. The van der Waals surface area contributed by atoms with Crippen molar-refractivity contribution >= 4 is 46.3 Å². The second-order valence-electron chi connectivity index (χ2n) is 7.66. The highest BCUT2D eigenvalue weighted by molar-refractivity contribution is 7.07. The number of aromatic nitrogens is 2. The van der Waals surface area contributed by atoms with Crippen LogP contribution in [-0.2, 0) is 20.9 Å². The van der Waals surface area contributed by atoms with Crippen LogP contribution in [0.3, 0.4) is 0 Å². The lowest BCUT2D eigenvalue weighted by Crippen LogP contribution is -2.30. The van der Waals surface area contributed by atoms with Gasteiger partial charge in [-0.2, -0.15) is 5.26 Å². The molecule has 0 aromatic carbocycles. The van der Waals surface area contributed by atoms with Crippen molar-refractivity contribution in [1.29, 1.82) is 5.26 Å². The van der Waals surface area contributed by atoms with Crippen LogP contribution < -0.4 is 25.4 Å². The Labute approximate surface area is 195 Å². The topological polar surface area (TPSA) is 126 Å². The molecular weight excluding hydrogens is 442 g/mol. The van der Waals surface area contributed by atoms with Gasteiger partial charge in [-0.3, -0.25) is 14.2 Å². The predicted molar refractivity (Wildman–Crippen MR) is 127 cm³/mol. The van der Waals surface area contributed by atoms with Gasteiger partial charge < -0.3 is 15.4 Å². The van der Waals surface area contributed by atoms with Crippen molar-refractivity contribution in [2.45, 2.75) is 41.2 Å². The van der Waals surface area contributed by atoms with Gasteiger partial charge in [-0.25, -0.2) is 9.78 Å². The first kappa shape index (κ1) is 25.4. The molecule has 2 aromatic rings. The number of nitrogens with one attached hydrogen (secondary N) is 2. The maximum Gasteiger partial charge on any atom is 0.357 e. The number of carbonyl (C=O) groups excluding carboxylic acids is 2.